The Morgan fingerprint density at radius 1 is 1.20 bits per heavy atom. The van der Waals surface area contributed by atoms with Crippen LogP contribution in [0.3, 0.4) is 0 Å². The summed E-state index contributed by atoms with van der Waals surface area (Å²) in [5.74, 6) is 0.106. The summed E-state index contributed by atoms with van der Waals surface area (Å²) in [5.41, 5.74) is 1.87. The molecule has 0 amide bonds. The van der Waals surface area contributed by atoms with Crippen LogP contribution < -0.4 is 0 Å². The largest absolute Gasteiger partial charge is 0.229 e. The van der Waals surface area contributed by atoms with Crippen molar-refractivity contribution in [2.75, 3.05) is 5.75 Å². The van der Waals surface area contributed by atoms with Gasteiger partial charge in [0.05, 0.1) is 23.4 Å². The maximum atomic E-state index is 13.2. The normalized spacial score (nSPS) is 11.8. The van der Waals surface area contributed by atoms with Gasteiger partial charge in [-0.2, -0.15) is 10.5 Å². The Hall–Kier alpha value is -2.48. The Bertz CT molecular complexity index is 954. The Balaban J connectivity index is 1.91. The van der Waals surface area contributed by atoms with Crippen molar-refractivity contribution >= 4 is 33.3 Å². The number of fused-ring (bicyclic) bond motifs is 1. The SMILES string of the molecule is N#CCC[C@H](C#N)CSc1ncnc2scc(-c3ccc(F)cc3)c12. The predicted octanol–water partition coefficient (Wildman–Crippen LogP) is 5.03. The first-order valence-electron chi connectivity index (χ1n) is 7.60. The maximum Gasteiger partial charge on any atom is 0.128 e. The fraction of sp³-hybridized carbons (Fsp3) is 0.222. The molecule has 0 fully saturated rings. The molecule has 0 saturated carbocycles. The van der Waals surface area contributed by atoms with Gasteiger partial charge in [0, 0.05) is 23.1 Å². The van der Waals surface area contributed by atoms with E-state index in [2.05, 4.69) is 22.1 Å². The van der Waals surface area contributed by atoms with Gasteiger partial charge in [0.15, 0.2) is 0 Å². The topological polar surface area (TPSA) is 73.4 Å². The van der Waals surface area contributed by atoms with Crippen molar-refractivity contribution in [3.8, 4) is 23.3 Å². The fourth-order valence-corrected chi connectivity index (χ4v) is 4.46. The molecule has 3 aromatic rings. The monoisotopic (exact) mass is 368 g/mol. The van der Waals surface area contributed by atoms with Gasteiger partial charge in [-0.15, -0.1) is 23.1 Å². The molecule has 1 atom stereocenters. The van der Waals surface area contributed by atoms with E-state index in [1.807, 2.05) is 5.38 Å². The molecule has 0 bridgehead atoms. The van der Waals surface area contributed by atoms with Gasteiger partial charge in [0.25, 0.3) is 0 Å². The quantitative estimate of drug-likeness (QED) is 0.450. The molecule has 25 heavy (non-hydrogen) atoms. The van der Waals surface area contributed by atoms with Gasteiger partial charge in [-0.05, 0) is 24.1 Å². The van der Waals surface area contributed by atoms with Crippen LogP contribution in [0.25, 0.3) is 21.3 Å². The van der Waals surface area contributed by atoms with Crippen LogP contribution in [-0.2, 0) is 0 Å². The third kappa shape index (κ3) is 3.96. The lowest BCUT2D eigenvalue weighted by molar-refractivity contribution is 0.628. The molecule has 0 radical (unpaired) electrons. The minimum Gasteiger partial charge on any atom is -0.229 e. The summed E-state index contributed by atoms with van der Waals surface area (Å²) >= 11 is 3.01. The van der Waals surface area contributed by atoms with Crippen molar-refractivity contribution in [2.45, 2.75) is 17.9 Å². The molecule has 0 saturated heterocycles. The van der Waals surface area contributed by atoms with Gasteiger partial charge >= 0.3 is 0 Å². The third-order valence-corrected chi connectivity index (χ3v) is 5.74. The van der Waals surface area contributed by atoms with E-state index in [9.17, 15) is 9.65 Å². The summed E-state index contributed by atoms with van der Waals surface area (Å²) in [6.45, 7) is 0. The summed E-state index contributed by atoms with van der Waals surface area (Å²) in [6.07, 6.45) is 2.45. The molecule has 0 aliphatic rings. The number of hydrogen-bond donors (Lipinski definition) is 0. The number of rotatable bonds is 6. The number of thioether (sulfide) groups is 1. The minimum absolute atomic E-state index is 0.192. The molecule has 0 aliphatic heterocycles. The molecule has 3 rings (SSSR count). The van der Waals surface area contributed by atoms with Crippen molar-refractivity contribution in [3.63, 3.8) is 0 Å². The zero-order chi connectivity index (χ0) is 17.6. The van der Waals surface area contributed by atoms with E-state index in [-0.39, 0.29) is 11.7 Å². The molecule has 4 nitrogen and oxygen atoms in total. The smallest absolute Gasteiger partial charge is 0.128 e. The second kappa shape index (κ2) is 8.06. The molecule has 2 aromatic heterocycles. The molecule has 0 aliphatic carbocycles. The highest BCUT2D eigenvalue weighted by molar-refractivity contribution is 7.99. The molecule has 0 N–H and O–H groups in total. The summed E-state index contributed by atoms with van der Waals surface area (Å²) < 4.78 is 13.2. The first kappa shape index (κ1) is 17.3. The van der Waals surface area contributed by atoms with Gasteiger partial charge < -0.3 is 0 Å². The average molecular weight is 368 g/mol. The molecule has 0 spiro atoms. The lowest BCUT2D eigenvalue weighted by atomic mass is 10.1. The molecular weight excluding hydrogens is 355 g/mol. The number of benzene rings is 1. The highest BCUT2D eigenvalue weighted by atomic mass is 32.2. The number of halogens is 1. The standard InChI is InChI=1S/C18H13FN4S2/c19-14-5-3-13(4-6-14)15-10-25-18-16(15)17(22-11-23-18)24-9-12(8-21)2-1-7-20/h3-6,10-12H,1-2,9H2/t12-/m1/s1. The first-order valence-corrected chi connectivity index (χ1v) is 9.47. The van der Waals surface area contributed by atoms with Crippen LogP contribution in [0, 0.1) is 34.4 Å². The summed E-state index contributed by atoms with van der Waals surface area (Å²) in [4.78, 5) is 9.56. The van der Waals surface area contributed by atoms with Crippen LogP contribution in [0.1, 0.15) is 12.8 Å². The van der Waals surface area contributed by atoms with Gasteiger partial charge in [0.2, 0.25) is 0 Å². The van der Waals surface area contributed by atoms with Crippen molar-refractivity contribution in [1.29, 1.82) is 10.5 Å². The summed E-state index contributed by atoms with van der Waals surface area (Å²) in [7, 11) is 0. The predicted molar refractivity (Wildman–Crippen MR) is 97.5 cm³/mol. The van der Waals surface area contributed by atoms with Crippen LogP contribution in [0.15, 0.2) is 41.0 Å². The van der Waals surface area contributed by atoms with Crippen molar-refractivity contribution in [2.24, 2.45) is 5.92 Å². The Kier molecular flexibility index (Phi) is 5.60. The Morgan fingerprint density at radius 2 is 2.00 bits per heavy atom. The maximum absolute atomic E-state index is 13.2. The van der Waals surface area contributed by atoms with Crippen LogP contribution in [0.2, 0.25) is 0 Å². The second-order valence-corrected chi connectivity index (χ2v) is 7.22. The zero-order valence-corrected chi connectivity index (χ0v) is 14.8. The number of thiophene rings is 1. The molecular formula is C18H13FN4S2. The molecule has 124 valence electrons. The zero-order valence-electron chi connectivity index (χ0n) is 13.1. The molecule has 1 aromatic carbocycles. The fourth-order valence-electron chi connectivity index (χ4n) is 2.40. The van der Waals surface area contributed by atoms with E-state index in [1.54, 1.807) is 12.1 Å². The lowest BCUT2D eigenvalue weighted by Crippen LogP contribution is -2.00. The number of nitriles is 2. The van der Waals surface area contributed by atoms with E-state index < -0.39 is 0 Å². The summed E-state index contributed by atoms with van der Waals surface area (Å²) in [5, 5.41) is 21.6. The van der Waals surface area contributed by atoms with Gasteiger partial charge in [-0.25, -0.2) is 14.4 Å². The van der Waals surface area contributed by atoms with Gasteiger partial charge in [0.1, 0.15) is 22.0 Å². The molecule has 2 heterocycles. The number of aromatic nitrogens is 2. The highest BCUT2D eigenvalue weighted by Gasteiger charge is 2.15. The second-order valence-electron chi connectivity index (χ2n) is 5.35. The van der Waals surface area contributed by atoms with Crippen LogP contribution in [-0.4, -0.2) is 15.7 Å². The van der Waals surface area contributed by atoms with Crippen molar-refractivity contribution in [3.05, 3.63) is 41.8 Å². The Labute approximate surface area is 153 Å². The van der Waals surface area contributed by atoms with Crippen molar-refractivity contribution < 1.29 is 4.39 Å². The van der Waals surface area contributed by atoms with E-state index in [1.165, 1.54) is 41.6 Å². The van der Waals surface area contributed by atoms with Crippen LogP contribution >= 0.6 is 23.1 Å². The first-order chi connectivity index (χ1) is 12.2. The molecule has 0 unspecified atom stereocenters. The Morgan fingerprint density at radius 3 is 2.72 bits per heavy atom. The average Bonchev–Trinajstić information content (AvgIpc) is 3.07. The van der Waals surface area contributed by atoms with Crippen LogP contribution in [0.5, 0.6) is 0 Å². The lowest BCUT2D eigenvalue weighted by Gasteiger charge is -2.08. The van der Waals surface area contributed by atoms with Crippen LogP contribution in [0.4, 0.5) is 4.39 Å². The van der Waals surface area contributed by atoms with Gasteiger partial charge in [-0.3, -0.25) is 0 Å². The van der Waals surface area contributed by atoms with E-state index in [0.717, 1.165) is 26.4 Å². The number of hydrogen-bond acceptors (Lipinski definition) is 6. The molecule has 7 heteroatoms. The minimum atomic E-state index is -0.275. The van der Waals surface area contributed by atoms with Crippen molar-refractivity contribution in [1.82, 2.24) is 9.97 Å². The van der Waals surface area contributed by atoms with E-state index in [4.69, 9.17) is 5.26 Å². The number of nitrogens with zero attached hydrogens (tertiary/aromatic N) is 4. The van der Waals surface area contributed by atoms with Gasteiger partial charge in [-0.1, -0.05) is 12.1 Å². The third-order valence-electron chi connectivity index (χ3n) is 3.70. The van der Waals surface area contributed by atoms with E-state index >= 15 is 0 Å². The summed E-state index contributed by atoms with van der Waals surface area (Å²) in [6, 6.07) is 10.7. The van der Waals surface area contributed by atoms with E-state index in [0.29, 0.717) is 18.6 Å². The highest BCUT2D eigenvalue weighted by Crippen LogP contribution is 2.38.